The van der Waals surface area contributed by atoms with Crippen molar-refractivity contribution < 1.29 is 4.74 Å². The highest BCUT2D eigenvalue weighted by Crippen LogP contribution is 2.33. The van der Waals surface area contributed by atoms with Gasteiger partial charge >= 0.3 is 0 Å². The number of pyridine rings is 1. The molecule has 0 spiro atoms. The smallest absolute Gasteiger partial charge is 0.138 e. The minimum Gasteiger partial charge on any atom is -0.489 e. The topological polar surface area (TPSA) is 34.2 Å². The zero-order chi connectivity index (χ0) is 15.2. The molecule has 0 aliphatic carbocycles. The van der Waals surface area contributed by atoms with E-state index in [4.69, 9.17) is 16.3 Å². The summed E-state index contributed by atoms with van der Waals surface area (Å²) in [5, 5.41) is 6.35. The predicted octanol–water partition coefficient (Wildman–Crippen LogP) is 4.67. The number of hydrogen-bond donors (Lipinski definition) is 1. The monoisotopic (exact) mass is 324 g/mol. The first-order chi connectivity index (χ1) is 10.1. The zero-order valence-corrected chi connectivity index (χ0v) is 14.2. The molecular weight excluding hydrogens is 304 g/mol. The van der Waals surface area contributed by atoms with Gasteiger partial charge in [-0.05, 0) is 49.9 Å². The van der Waals surface area contributed by atoms with E-state index in [0.29, 0.717) is 0 Å². The van der Waals surface area contributed by atoms with Crippen LogP contribution in [0.5, 0.6) is 5.75 Å². The number of rotatable bonds is 7. The Labute approximate surface area is 135 Å². The molecule has 1 unspecified atom stereocenters. The molecular formula is C16H21ClN2OS. The van der Waals surface area contributed by atoms with Gasteiger partial charge in [0.15, 0.2) is 0 Å². The Bertz CT molecular complexity index is 571. The number of ether oxygens (including phenoxy) is 1. The van der Waals surface area contributed by atoms with Crippen molar-refractivity contribution in [3.05, 3.63) is 45.4 Å². The van der Waals surface area contributed by atoms with E-state index in [1.54, 1.807) is 17.5 Å². The lowest BCUT2D eigenvalue weighted by Crippen LogP contribution is -2.23. The van der Waals surface area contributed by atoms with Crippen molar-refractivity contribution in [2.75, 3.05) is 6.54 Å². The summed E-state index contributed by atoms with van der Waals surface area (Å²) in [4.78, 5) is 5.42. The highest BCUT2D eigenvalue weighted by molar-refractivity contribution is 7.10. The summed E-state index contributed by atoms with van der Waals surface area (Å²) in [7, 11) is 0. The lowest BCUT2D eigenvalue weighted by atomic mass is 10.1. The van der Waals surface area contributed by atoms with Crippen LogP contribution >= 0.6 is 22.9 Å². The summed E-state index contributed by atoms with van der Waals surface area (Å²) in [5.74, 6) is 0.790. The molecule has 1 N–H and O–H groups in total. The Morgan fingerprint density at radius 1 is 1.38 bits per heavy atom. The van der Waals surface area contributed by atoms with Crippen LogP contribution in [0.3, 0.4) is 0 Å². The van der Waals surface area contributed by atoms with Crippen LogP contribution in [0.1, 0.15) is 43.7 Å². The van der Waals surface area contributed by atoms with E-state index in [0.717, 1.165) is 34.2 Å². The second-order valence-corrected chi connectivity index (χ2v) is 6.50. The lowest BCUT2D eigenvalue weighted by Gasteiger charge is -2.19. The van der Waals surface area contributed by atoms with Crippen LogP contribution < -0.4 is 10.1 Å². The number of aromatic nitrogens is 1. The van der Waals surface area contributed by atoms with Gasteiger partial charge in [0.05, 0.1) is 23.4 Å². The molecule has 2 aromatic heterocycles. The van der Waals surface area contributed by atoms with Crippen LogP contribution in [0.25, 0.3) is 0 Å². The van der Waals surface area contributed by atoms with E-state index < -0.39 is 0 Å². The molecule has 5 heteroatoms. The van der Waals surface area contributed by atoms with E-state index in [1.165, 1.54) is 0 Å². The molecule has 0 bridgehead atoms. The first-order valence-corrected chi connectivity index (χ1v) is 8.45. The van der Waals surface area contributed by atoms with Crippen molar-refractivity contribution in [3.63, 3.8) is 0 Å². The molecule has 0 aliphatic heterocycles. The third-order valence-electron chi connectivity index (χ3n) is 2.94. The third-order valence-corrected chi connectivity index (χ3v) is 4.37. The van der Waals surface area contributed by atoms with Crippen molar-refractivity contribution in [3.8, 4) is 5.75 Å². The molecule has 0 saturated heterocycles. The van der Waals surface area contributed by atoms with Crippen LogP contribution in [0, 0.1) is 0 Å². The zero-order valence-electron chi connectivity index (χ0n) is 12.6. The summed E-state index contributed by atoms with van der Waals surface area (Å²) < 4.78 is 5.74. The molecule has 0 fully saturated rings. The van der Waals surface area contributed by atoms with Gasteiger partial charge in [-0.3, -0.25) is 4.98 Å². The Kier molecular flexibility index (Phi) is 6.03. The van der Waals surface area contributed by atoms with Gasteiger partial charge in [-0.15, -0.1) is 11.3 Å². The fourth-order valence-electron chi connectivity index (χ4n) is 2.09. The molecule has 3 nitrogen and oxygen atoms in total. The Hall–Kier alpha value is -1.10. The van der Waals surface area contributed by atoms with Gasteiger partial charge in [0.2, 0.25) is 0 Å². The quantitative estimate of drug-likeness (QED) is 0.803. The van der Waals surface area contributed by atoms with E-state index in [-0.39, 0.29) is 12.1 Å². The first kappa shape index (κ1) is 16.3. The standard InChI is InChI=1S/C16H21ClN2OS/c1-4-6-19-15(16-14(17)5-7-21-16)12-8-13(10-18-9-12)20-11(2)3/h5,7-11,15,19H,4,6H2,1-3H3. The number of nitrogens with one attached hydrogen (secondary N) is 1. The molecule has 2 rings (SSSR count). The lowest BCUT2D eigenvalue weighted by molar-refractivity contribution is 0.241. The average molecular weight is 325 g/mol. The number of hydrogen-bond acceptors (Lipinski definition) is 4. The normalized spacial score (nSPS) is 12.6. The molecule has 0 amide bonds. The van der Waals surface area contributed by atoms with Crippen molar-refractivity contribution in [2.45, 2.75) is 39.3 Å². The highest BCUT2D eigenvalue weighted by Gasteiger charge is 2.19. The molecule has 0 saturated carbocycles. The van der Waals surface area contributed by atoms with Crippen LogP contribution in [-0.4, -0.2) is 17.6 Å². The van der Waals surface area contributed by atoms with Crippen LogP contribution in [0.15, 0.2) is 29.9 Å². The maximum absolute atomic E-state index is 6.31. The maximum Gasteiger partial charge on any atom is 0.138 e. The molecule has 1 atom stereocenters. The molecule has 0 aromatic carbocycles. The van der Waals surface area contributed by atoms with Crippen molar-refractivity contribution in [2.24, 2.45) is 0 Å². The number of nitrogens with zero attached hydrogens (tertiary/aromatic N) is 1. The fourth-order valence-corrected chi connectivity index (χ4v) is 3.36. The summed E-state index contributed by atoms with van der Waals surface area (Å²) in [6.07, 6.45) is 4.82. The van der Waals surface area contributed by atoms with Gasteiger partial charge in [0, 0.05) is 11.1 Å². The van der Waals surface area contributed by atoms with Gasteiger partial charge in [-0.1, -0.05) is 18.5 Å². The van der Waals surface area contributed by atoms with Gasteiger partial charge in [-0.2, -0.15) is 0 Å². The number of halogens is 1. The Morgan fingerprint density at radius 3 is 2.81 bits per heavy atom. The van der Waals surface area contributed by atoms with E-state index in [2.05, 4.69) is 17.2 Å². The Balaban J connectivity index is 2.30. The fraction of sp³-hybridized carbons (Fsp3) is 0.438. The SMILES string of the molecule is CCCNC(c1cncc(OC(C)C)c1)c1sccc1Cl. The van der Waals surface area contributed by atoms with E-state index in [9.17, 15) is 0 Å². The summed E-state index contributed by atoms with van der Waals surface area (Å²) >= 11 is 7.97. The minimum absolute atomic E-state index is 0.0562. The van der Waals surface area contributed by atoms with E-state index in [1.807, 2.05) is 37.6 Å². The largest absolute Gasteiger partial charge is 0.489 e. The van der Waals surface area contributed by atoms with Gasteiger partial charge < -0.3 is 10.1 Å². The molecule has 2 aromatic rings. The van der Waals surface area contributed by atoms with Gasteiger partial charge in [-0.25, -0.2) is 0 Å². The summed E-state index contributed by atoms with van der Waals surface area (Å²) in [5.41, 5.74) is 1.07. The van der Waals surface area contributed by atoms with Crippen LogP contribution in [0.2, 0.25) is 5.02 Å². The van der Waals surface area contributed by atoms with Crippen LogP contribution in [0.4, 0.5) is 0 Å². The van der Waals surface area contributed by atoms with Crippen LogP contribution in [-0.2, 0) is 0 Å². The molecule has 2 heterocycles. The molecule has 0 radical (unpaired) electrons. The first-order valence-electron chi connectivity index (χ1n) is 7.19. The second-order valence-electron chi connectivity index (χ2n) is 5.14. The summed E-state index contributed by atoms with van der Waals surface area (Å²) in [6, 6.07) is 4.03. The van der Waals surface area contributed by atoms with Gasteiger partial charge in [0.1, 0.15) is 5.75 Å². The molecule has 0 aliphatic rings. The predicted molar refractivity (Wildman–Crippen MR) is 89.5 cm³/mol. The average Bonchev–Trinajstić information content (AvgIpc) is 2.85. The second kappa shape index (κ2) is 7.78. The minimum atomic E-state index is 0.0562. The van der Waals surface area contributed by atoms with E-state index >= 15 is 0 Å². The summed E-state index contributed by atoms with van der Waals surface area (Å²) in [6.45, 7) is 7.09. The van der Waals surface area contributed by atoms with Crippen molar-refractivity contribution >= 4 is 22.9 Å². The molecule has 21 heavy (non-hydrogen) atoms. The van der Waals surface area contributed by atoms with Crippen molar-refractivity contribution in [1.29, 1.82) is 0 Å². The maximum atomic E-state index is 6.31. The Morgan fingerprint density at radius 2 is 2.19 bits per heavy atom. The third kappa shape index (κ3) is 4.43. The van der Waals surface area contributed by atoms with Crippen molar-refractivity contribution in [1.82, 2.24) is 10.3 Å². The molecule has 114 valence electrons. The number of thiophene rings is 1. The van der Waals surface area contributed by atoms with Gasteiger partial charge in [0.25, 0.3) is 0 Å². The highest BCUT2D eigenvalue weighted by atomic mass is 35.5.